The first-order chi connectivity index (χ1) is 9.72. The van der Waals surface area contributed by atoms with Gasteiger partial charge in [0.1, 0.15) is 10.7 Å². The van der Waals surface area contributed by atoms with Gasteiger partial charge in [0.05, 0.1) is 0 Å². The van der Waals surface area contributed by atoms with Crippen molar-refractivity contribution in [3.63, 3.8) is 0 Å². The monoisotopic (exact) mass is 284 g/mol. The number of benzene rings is 1. The van der Waals surface area contributed by atoms with Gasteiger partial charge in [-0.15, -0.1) is 11.3 Å². The molecular formula is C16H16N2OS. The van der Waals surface area contributed by atoms with E-state index in [0.717, 1.165) is 42.1 Å². The molecule has 0 N–H and O–H groups in total. The summed E-state index contributed by atoms with van der Waals surface area (Å²) in [5, 5.41) is 1.00. The fourth-order valence-corrected chi connectivity index (χ4v) is 4.21. The van der Waals surface area contributed by atoms with Crippen LogP contribution in [0.4, 0.5) is 5.69 Å². The number of ketones is 1. The van der Waals surface area contributed by atoms with Gasteiger partial charge in [-0.2, -0.15) is 0 Å². The number of carbonyl (C=O) groups excluding carboxylic acids is 1. The number of rotatable bonds is 1. The predicted molar refractivity (Wildman–Crippen MR) is 81.8 cm³/mol. The van der Waals surface area contributed by atoms with Crippen molar-refractivity contribution in [3.8, 4) is 10.6 Å². The fraction of sp³-hybridized carbons (Fsp3) is 0.375. The number of aryl methyl sites for hydroxylation is 1. The van der Waals surface area contributed by atoms with Crippen LogP contribution in [0.25, 0.3) is 10.6 Å². The van der Waals surface area contributed by atoms with Gasteiger partial charge < -0.3 is 4.90 Å². The second kappa shape index (κ2) is 4.42. The van der Waals surface area contributed by atoms with E-state index in [1.165, 1.54) is 16.1 Å². The van der Waals surface area contributed by atoms with Crippen molar-refractivity contribution in [3.05, 3.63) is 34.3 Å². The van der Waals surface area contributed by atoms with Crippen LogP contribution in [0.3, 0.4) is 0 Å². The summed E-state index contributed by atoms with van der Waals surface area (Å²) in [6.07, 6.45) is 3.74. The minimum Gasteiger partial charge on any atom is -0.374 e. The maximum Gasteiger partial charge on any atom is 0.182 e. The van der Waals surface area contributed by atoms with Gasteiger partial charge in [-0.05, 0) is 43.0 Å². The van der Waals surface area contributed by atoms with E-state index in [9.17, 15) is 4.79 Å². The quantitative estimate of drug-likeness (QED) is 0.805. The first kappa shape index (κ1) is 12.1. The summed E-state index contributed by atoms with van der Waals surface area (Å²) in [6.45, 7) is 1.09. The van der Waals surface area contributed by atoms with Crippen LogP contribution in [-0.4, -0.2) is 24.4 Å². The lowest BCUT2D eigenvalue weighted by Crippen LogP contribution is -2.12. The van der Waals surface area contributed by atoms with Gasteiger partial charge >= 0.3 is 0 Å². The van der Waals surface area contributed by atoms with E-state index in [1.54, 1.807) is 11.3 Å². The molecule has 3 nitrogen and oxygen atoms in total. The van der Waals surface area contributed by atoms with Gasteiger partial charge in [0.2, 0.25) is 0 Å². The average molecular weight is 284 g/mol. The molecule has 1 aromatic carbocycles. The van der Waals surface area contributed by atoms with Gasteiger partial charge in [-0.3, -0.25) is 4.79 Å². The van der Waals surface area contributed by atoms with Crippen LogP contribution in [-0.2, 0) is 12.8 Å². The lowest BCUT2D eigenvalue weighted by atomic mass is 10.0. The predicted octanol–water partition coefficient (Wildman–Crippen LogP) is 3.32. The number of carbonyl (C=O) groups is 1. The first-order valence-electron chi connectivity index (χ1n) is 7.10. The number of hydrogen-bond acceptors (Lipinski definition) is 4. The highest BCUT2D eigenvalue weighted by Crippen LogP contribution is 2.36. The van der Waals surface area contributed by atoms with E-state index in [4.69, 9.17) is 0 Å². The lowest BCUT2D eigenvalue weighted by molar-refractivity contribution is 0.0968. The number of thiazole rings is 1. The smallest absolute Gasteiger partial charge is 0.182 e. The number of likely N-dealkylation sites (N-methyl/N-ethyl adjacent to an activating group) is 1. The zero-order chi connectivity index (χ0) is 13.7. The highest BCUT2D eigenvalue weighted by Gasteiger charge is 2.23. The van der Waals surface area contributed by atoms with Crippen molar-refractivity contribution in [2.45, 2.75) is 25.7 Å². The normalized spacial score (nSPS) is 17.2. The summed E-state index contributed by atoms with van der Waals surface area (Å²) in [4.78, 5) is 20.0. The number of nitrogens with zero attached hydrogens (tertiary/aromatic N) is 2. The van der Waals surface area contributed by atoms with Crippen LogP contribution in [0.1, 0.15) is 33.8 Å². The number of fused-ring (bicyclic) bond motifs is 2. The van der Waals surface area contributed by atoms with Crippen LogP contribution >= 0.6 is 11.3 Å². The molecule has 1 aliphatic carbocycles. The second-order valence-electron chi connectivity index (χ2n) is 5.58. The van der Waals surface area contributed by atoms with Crippen LogP contribution in [0.15, 0.2) is 18.2 Å². The van der Waals surface area contributed by atoms with Gasteiger partial charge in [-0.25, -0.2) is 4.98 Å². The Morgan fingerprint density at radius 2 is 2.15 bits per heavy atom. The van der Waals surface area contributed by atoms with Crippen LogP contribution < -0.4 is 4.90 Å². The summed E-state index contributed by atoms with van der Waals surface area (Å²) in [6, 6.07) is 6.56. The zero-order valence-corrected chi connectivity index (χ0v) is 12.3. The molecule has 0 spiro atoms. The highest BCUT2D eigenvalue weighted by atomic mass is 32.1. The molecule has 0 bridgehead atoms. The average Bonchev–Trinajstić information content (AvgIpc) is 3.04. The summed E-state index contributed by atoms with van der Waals surface area (Å²) in [5.74, 6) is 0.217. The van der Waals surface area contributed by atoms with Crippen LogP contribution in [0.2, 0.25) is 0 Å². The molecule has 1 aromatic heterocycles. The molecule has 4 rings (SSSR count). The number of Topliss-reactive ketones (excluding diaryl/α,β-unsaturated/α-hetero) is 1. The van der Waals surface area contributed by atoms with Crippen LogP contribution in [0.5, 0.6) is 0 Å². The Morgan fingerprint density at radius 3 is 3.00 bits per heavy atom. The molecule has 0 amide bonds. The molecule has 2 aliphatic rings. The lowest BCUT2D eigenvalue weighted by Gasteiger charge is -2.11. The summed E-state index contributed by atoms with van der Waals surface area (Å²) in [7, 11) is 2.13. The van der Waals surface area contributed by atoms with Gasteiger partial charge in [0.25, 0.3) is 0 Å². The Hall–Kier alpha value is -1.68. The third kappa shape index (κ3) is 1.79. The molecule has 4 heteroatoms. The van der Waals surface area contributed by atoms with Crippen molar-refractivity contribution in [2.75, 3.05) is 18.5 Å². The SMILES string of the molecule is CN1CCc2cc(-c3nc4c(s3)CCCC4=O)ccc21. The molecule has 0 unspecified atom stereocenters. The zero-order valence-electron chi connectivity index (χ0n) is 11.5. The molecule has 0 atom stereocenters. The maximum atomic E-state index is 11.9. The number of aromatic nitrogens is 1. The van der Waals surface area contributed by atoms with Crippen LogP contribution in [0, 0.1) is 0 Å². The highest BCUT2D eigenvalue weighted by molar-refractivity contribution is 7.15. The van der Waals surface area contributed by atoms with Gasteiger partial charge in [0, 0.05) is 36.1 Å². The molecule has 0 saturated heterocycles. The van der Waals surface area contributed by atoms with E-state index in [-0.39, 0.29) is 5.78 Å². The van der Waals surface area contributed by atoms with E-state index in [2.05, 4.69) is 35.1 Å². The molecule has 0 saturated carbocycles. The number of anilines is 1. The van der Waals surface area contributed by atoms with Crippen molar-refractivity contribution < 1.29 is 4.79 Å². The minimum absolute atomic E-state index is 0.217. The standard InChI is InChI=1S/C16H16N2OS/c1-18-8-7-10-9-11(5-6-12(10)18)16-17-15-13(19)3-2-4-14(15)20-16/h5-6,9H,2-4,7-8H2,1H3. The topological polar surface area (TPSA) is 33.2 Å². The van der Waals surface area contributed by atoms with Crippen molar-refractivity contribution in [2.24, 2.45) is 0 Å². The van der Waals surface area contributed by atoms with Crippen molar-refractivity contribution in [1.29, 1.82) is 0 Å². The van der Waals surface area contributed by atoms with E-state index in [0.29, 0.717) is 6.42 Å². The third-order valence-corrected chi connectivity index (χ3v) is 5.39. The molecule has 2 aromatic rings. The van der Waals surface area contributed by atoms with Gasteiger partial charge in [-0.1, -0.05) is 0 Å². The number of hydrogen-bond donors (Lipinski definition) is 0. The minimum atomic E-state index is 0.217. The molecular weight excluding hydrogens is 268 g/mol. The van der Waals surface area contributed by atoms with Gasteiger partial charge in [0.15, 0.2) is 5.78 Å². The molecule has 0 fully saturated rings. The Kier molecular flexibility index (Phi) is 2.67. The Balaban J connectivity index is 1.77. The molecule has 2 heterocycles. The second-order valence-corrected chi connectivity index (χ2v) is 6.67. The Labute approximate surface area is 122 Å². The summed E-state index contributed by atoms with van der Waals surface area (Å²) < 4.78 is 0. The fourth-order valence-electron chi connectivity index (χ4n) is 3.09. The summed E-state index contributed by atoms with van der Waals surface area (Å²) >= 11 is 1.69. The van der Waals surface area contributed by atoms with E-state index >= 15 is 0 Å². The van der Waals surface area contributed by atoms with E-state index in [1.807, 2.05) is 0 Å². The van der Waals surface area contributed by atoms with Crippen molar-refractivity contribution >= 4 is 22.8 Å². The van der Waals surface area contributed by atoms with E-state index < -0.39 is 0 Å². The molecule has 0 radical (unpaired) electrons. The Morgan fingerprint density at radius 1 is 1.25 bits per heavy atom. The molecule has 102 valence electrons. The molecule has 1 aliphatic heterocycles. The maximum absolute atomic E-state index is 11.9. The van der Waals surface area contributed by atoms with Crippen molar-refractivity contribution in [1.82, 2.24) is 4.98 Å². The molecule has 20 heavy (non-hydrogen) atoms. The first-order valence-corrected chi connectivity index (χ1v) is 7.91. The largest absolute Gasteiger partial charge is 0.374 e. The summed E-state index contributed by atoms with van der Waals surface area (Å²) in [5.41, 5.74) is 4.61. The Bertz CT molecular complexity index is 704. The third-order valence-electron chi connectivity index (χ3n) is 4.22.